The number of benzene rings is 2. The second-order valence-electron chi connectivity index (χ2n) is 5.99. The molecule has 2 aromatic rings. The molecule has 0 bridgehead atoms. The van der Waals surface area contributed by atoms with Crippen LogP contribution in [0.4, 0.5) is 5.69 Å². The van der Waals surface area contributed by atoms with Crippen LogP contribution in [0, 0.1) is 0 Å². The van der Waals surface area contributed by atoms with Gasteiger partial charge in [0, 0.05) is 35.9 Å². The van der Waals surface area contributed by atoms with Gasteiger partial charge in [-0.3, -0.25) is 4.79 Å². The molecular formula is C20H21ClN2O. The van der Waals surface area contributed by atoms with E-state index in [1.165, 1.54) is 5.69 Å². The fourth-order valence-corrected chi connectivity index (χ4v) is 3.04. The zero-order valence-corrected chi connectivity index (χ0v) is 14.2. The van der Waals surface area contributed by atoms with Crippen molar-refractivity contribution in [2.24, 2.45) is 0 Å². The Kier molecular flexibility index (Phi) is 5.55. The van der Waals surface area contributed by atoms with E-state index in [0.717, 1.165) is 31.5 Å². The van der Waals surface area contributed by atoms with Crippen LogP contribution in [0.1, 0.15) is 18.4 Å². The van der Waals surface area contributed by atoms with E-state index in [2.05, 4.69) is 34.5 Å². The molecule has 124 valence electrons. The summed E-state index contributed by atoms with van der Waals surface area (Å²) in [4.78, 5) is 14.4. The van der Waals surface area contributed by atoms with Crippen molar-refractivity contribution in [3.05, 3.63) is 71.3 Å². The zero-order valence-electron chi connectivity index (χ0n) is 13.5. The SMILES string of the molecule is O=C(C=Cc1ccc(Cl)cc1)NC1CCN(c2ccccc2)CC1. The number of nitrogens with one attached hydrogen (secondary N) is 1. The third-order valence-electron chi connectivity index (χ3n) is 4.26. The van der Waals surface area contributed by atoms with E-state index in [1.54, 1.807) is 6.08 Å². The lowest BCUT2D eigenvalue weighted by Crippen LogP contribution is -2.44. The van der Waals surface area contributed by atoms with Crippen molar-refractivity contribution < 1.29 is 4.79 Å². The molecule has 0 aliphatic carbocycles. The van der Waals surface area contributed by atoms with Crippen LogP contribution in [0.5, 0.6) is 0 Å². The van der Waals surface area contributed by atoms with E-state index < -0.39 is 0 Å². The standard InChI is InChI=1S/C20H21ClN2O/c21-17-9-6-16(7-10-17)8-11-20(24)22-18-12-14-23(15-13-18)19-4-2-1-3-5-19/h1-11,18H,12-15H2,(H,22,24). The molecule has 3 rings (SSSR count). The van der Waals surface area contributed by atoms with Gasteiger partial charge in [-0.05, 0) is 48.7 Å². The monoisotopic (exact) mass is 340 g/mol. The first kappa shape index (κ1) is 16.6. The van der Waals surface area contributed by atoms with Gasteiger partial charge in [-0.1, -0.05) is 41.9 Å². The molecule has 2 aromatic carbocycles. The smallest absolute Gasteiger partial charge is 0.244 e. The Hall–Kier alpha value is -2.26. The van der Waals surface area contributed by atoms with Gasteiger partial charge < -0.3 is 10.2 Å². The Balaban J connectivity index is 1.47. The molecule has 1 saturated heterocycles. The van der Waals surface area contributed by atoms with Crippen LogP contribution < -0.4 is 10.2 Å². The van der Waals surface area contributed by atoms with Gasteiger partial charge >= 0.3 is 0 Å². The molecule has 4 heteroatoms. The Morgan fingerprint density at radius 3 is 2.38 bits per heavy atom. The predicted molar refractivity (Wildman–Crippen MR) is 100 cm³/mol. The maximum Gasteiger partial charge on any atom is 0.244 e. The number of amides is 1. The number of hydrogen-bond donors (Lipinski definition) is 1. The lowest BCUT2D eigenvalue weighted by Gasteiger charge is -2.33. The van der Waals surface area contributed by atoms with Gasteiger partial charge in [0.1, 0.15) is 0 Å². The molecular weight excluding hydrogens is 320 g/mol. The molecule has 24 heavy (non-hydrogen) atoms. The summed E-state index contributed by atoms with van der Waals surface area (Å²) in [6, 6.07) is 18.1. The Labute approximate surface area is 147 Å². The molecule has 0 aromatic heterocycles. The number of piperidine rings is 1. The highest BCUT2D eigenvalue weighted by molar-refractivity contribution is 6.30. The summed E-state index contributed by atoms with van der Waals surface area (Å²) in [7, 11) is 0. The number of rotatable bonds is 4. The first-order chi connectivity index (χ1) is 11.7. The molecule has 1 fully saturated rings. The largest absolute Gasteiger partial charge is 0.371 e. The maximum atomic E-state index is 12.1. The van der Waals surface area contributed by atoms with Crippen molar-refractivity contribution in [2.45, 2.75) is 18.9 Å². The fourth-order valence-electron chi connectivity index (χ4n) is 2.92. The molecule has 1 aliphatic heterocycles. The Morgan fingerprint density at radius 1 is 1.04 bits per heavy atom. The van der Waals surface area contributed by atoms with E-state index in [4.69, 9.17) is 11.6 Å². The number of para-hydroxylation sites is 1. The van der Waals surface area contributed by atoms with E-state index in [0.29, 0.717) is 5.02 Å². The summed E-state index contributed by atoms with van der Waals surface area (Å²) in [6.45, 7) is 1.94. The highest BCUT2D eigenvalue weighted by Crippen LogP contribution is 2.19. The average molecular weight is 341 g/mol. The Bertz CT molecular complexity index is 689. The van der Waals surface area contributed by atoms with Crippen LogP contribution in [0.25, 0.3) is 6.08 Å². The molecule has 0 atom stereocenters. The second kappa shape index (κ2) is 8.02. The van der Waals surface area contributed by atoms with Crippen LogP contribution >= 0.6 is 11.6 Å². The van der Waals surface area contributed by atoms with Gasteiger partial charge in [0.15, 0.2) is 0 Å². The molecule has 1 amide bonds. The molecule has 1 N–H and O–H groups in total. The summed E-state index contributed by atoms with van der Waals surface area (Å²) in [5, 5.41) is 3.79. The molecule has 0 saturated carbocycles. The van der Waals surface area contributed by atoms with Crippen LogP contribution in [0.2, 0.25) is 5.02 Å². The Morgan fingerprint density at radius 2 is 1.71 bits per heavy atom. The van der Waals surface area contributed by atoms with Gasteiger partial charge in [-0.2, -0.15) is 0 Å². The van der Waals surface area contributed by atoms with Gasteiger partial charge in [0.25, 0.3) is 0 Å². The first-order valence-electron chi connectivity index (χ1n) is 8.25. The quantitative estimate of drug-likeness (QED) is 0.848. The minimum Gasteiger partial charge on any atom is -0.371 e. The van der Waals surface area contributed by atoms with E-state index in [9.17, 15) is 4.79 Å². The van der Waals surface area contributed by atoms with Crippen molar-refractivity contribution in [3.8, 4) is 0 Å². The van der Waals surface area contributed by atoms with Crippen molar-refractivity contribution in [1.82, 2.24) is 5.32 Å². The van der Waals surface area contributed by atoms with Gasteiger partial charge in [0.2, 0.25) is 5.91 Å². The van der Waals surface area contributed by atoms with Crippen LogP contribution in [0.3, 0.4) is 0 Å². The van der Waals surface area contributed by atoms with E-state index in [1.807, 2.05) is 36.4 Å². The van der Waals surface area contributed by atoms with Gasteiger partial charge in [0.05, 0.1) is 0 Å². The third kappa shape index (κ3) is 4.62. The number of hydrogen-bond acceptors (Lipinski definition) is 2. The zero-order chi connectivity index (χ0) is 16.8. The van der Waals surface area contributed by atoms with E-state index in [-0.39, 0.29) is 11.9 Å². The number of carbonyl (C=O) groups excluding carboxylic acids is 1. The lowest BCUT2D eigenvalue weighted by molar-refractivity contribution is -0.117. The van der Waals surface area contributed by atoms with Gasteiger partial charge in [-0.15, -0.1) is 0 Å². The maximum absolute atomic E-state index is 12.1. The van der Waals surface area contributed by atoms with Crippen LogP contribution in [0.15, 0.2) is 60.7 Å². The summed E-state index contributed by atoms with van der Waals surface area (Å²) >= 11 is 5.85. The van der Waals surface area contributed by atoms with Crippen molar-refractivity contribution >= 4 is 29.3 Å². The molecule has 1 aliphatic rings. The molecule has 0 spiro atoms. The summed E-state index contributed by atoms with van der Waals surface area (Å²) in [6.07, 6.45) is 5.34. The second-order valence-corrected chi connectivity index (χ2v) is 6.43. The van der Waals surface area contributed by atoms with Crippen LogP contribution in [-0.4, -0.2) is 25.0 Å². The molecule has 3 nitrogen and oxygen atoms in total. The fraction of sp³-hybridized carbons (Fsp3) is 0.250. The molecule has 0 radical (unpaired) electrons. The number of halogens is 1. The number of nitrogens with zero attached hydrogens (tertiary/aromatic N) is 1. The summed E-state index contributed by atoms with van der Waals surface area (Å²) < 4.78 is 0. The van der Waals surface area contributed by atoms with Crippen molar-refractivity contribution in [3.63, 3.8) is 0 Å². The minimum absolute atomic E-state index is 0.0388. The van der Waals surface area contributed by atoms with Crippen LogP contribution in [-0.2, 0) is 4.79 Å². The highest BCUT2D eigenvalue weighted by Gasteiger charge is 2.19. The highest BCUT2D eigenvalue weighted by atomic mass is 35.5. The average Bonchev–Trinajstić information content (AvgIpc) is 2.63. The molecule has 1 heterocycles. The number of carbonyl (C=O) groups is 1. The van der Waals surface area contributed by atoms with Crippen molar-refractivity contribution in [2.75, 3.05) is 18.0 Å². The topological polar surface area (TPSA) is 32.3 Å². The van der Waals surface area contributed by atoms with Crippen molar-refractivity contribution in [1.29, 1.82) is 0 Å². The normalized spacial score (nSPS) is 15.6. The first-order valence-corrected chi connectivity index (χ1v) is 8.63. The van der Waals surface area contributed by atoms with Gasteiger partial charge in [-0.25, -0.2) is 0 Å². The lowest BCUT2D eigenvalue weighted by atomic mass is 10.0. The molecule has 0 unspecified atom stereocenters. The minimum atomic E-state index is -0.0388. The predicted octanol–water partition coefficient (Wildman–Crippen LogP) is 4.14. The van der Waals surface area contributed by atoms with E-state index >= 15 is 0 Å². The third-order valence-corrected chi connectivity index (χ3v) is 4.51. The summed E-state index contributed by atoms with van der Waals surface area (Å²) in [5.74, 6) is -0.0388. The summed E-state index contributed by atoms with van der Waals surface area (Å²) in [5.41, 5.74) is 2.22. The number of anilines is 1.